The molecule has 0 saturated carbocycles. The van der Waals surface area contributed by atoms with Crippen LogP contribution >= 0.6 is 11.6 Å². The SMILES string of the molecule is CCn1c(C(=O)Nc2c(C)cccc2C)c(C)c2cc(Cl)ccc21. The van der Waals surface area contributed by atoms with E-state index in [1.807, 2.05) is 68.7 Å². The van der Waals surface area contributed by atoms with Gasteiger partial charge in [-0.25, -0.2) is 0 Å². The first-order valence-electron chi connectivity index (χ1n) is 8.10. The first-order valence-corrected chi connectivity index (χ1v) is 8.47. The number of carbonyl (C=O) groups excluding carboxylic acids is 1. The van der Waals surface area contributed by atoms with E-state index in [1.54, 1.807) is 0 Å². The van der Waals surface area contributed by atoms with Crippen LogP contribution in [0.2, 0.25) is 5.02 Å². The quantitative estimate of drug-likeness (QED) is 0.671. The van der Waals surface area contributed by atoms with Crippen LogP contribution in [0.5, 0.6) is 0 Å². The fourth-order valence-corrected chi connectivity index (χ4v) is 3.47. The molecule has 0 aliphatic heterocycles. The molecule has 1 heterocycles. The third kappa shape index (κ3) is 2.69. The van der Waals surface area contributed by atoms with Crippen LogP contribution in [-0.2, 0) is 6.54 Å². The molecule has 3 nitrogen and oxygen atoms in total. The monoisotopic (exact) mass is 340 g/mol. The lowest BCUT2D eigenvalue weighted by atomic mass is 10.1. The number of fused-ring (bicyclic) bond motifs is 1. The van der Waals surface area contributed by atoms with E-state index in [0.717, 1.165) is 39.8 Å². The highest BCUT2D eigenvalue weighted by atomic mass is 35.5. The summed E-state index contributed by atoms with van der Waals surface area (Å²) in [4.78, 5) is 13.0. The Morgan fingerprint density at radius 1 is 1.12 bits per heavy atom. The van der Waals surface area contributed by atoms with Crippen molar-refractivity contribution < 1.29 is 4.79 Å². The topological polar surface area (TPSA) is 34.0 Å². The Balaban J connectivity index is 2.12. The molecule has 0 atom stereocenters. The molecule has 0 unspecified atom stereocenters. The molecule has 3 rings (SSSR count). The van der Waals surface area contributed by atoms with Crippen molar-refractivity contribution in [1.82, 2.24) is 4.57 Å². The molecule has 0 fully saturated rings. The van der Waals surface area contributed by atoms with Gasteiger partial charge in [0.1, 0.15) is 5.69 Å². The number of aromatic nitrogens is 1. The lowest BCUT2D eigenvalue weighted by molar-refractivity contribution is 0.101. The van der Waals surface area contributed by atoms with Crippen molar-refractivity contribution in [2.75, 3.05) is 5.32 Å². The Morgan fingerprint density at radius 2 is 1.79 bits per heavy atom. The van der Waals surface area contributed by atoms with Gasteiger partial charge in [-0.2, -0.15) is 0 Å². The Labute approximate surface area is 147 Å². The summed E-state index contributed by atoms with van der Waals surface area (Å²) in [6.07, 6.45) is 0. The number of nitrogens with one attached hydrogen (secondary N) is 1. The van der Waals surface area contributed by atoms with Crippen LogP contribution in [-0.4, -0.2) is 10.5 Å². The number of aryl methyl sites for hydroxylation is 4. The summed E-state index contributed by atoms with van der Waals surface area (Å²) < 4.78 is 2.05. The minimum Gasteiger partial charge on any atom is -0.337 e. The Bertz CT molecular complexity index is 920. The summed E-state index contributed by atoms with van der Waals surface area (Å²) >= 11 is 6.14. The van der Waals surface area contributed by atoms with E-state index in [0.29, 0.717) is 10.7 Å². The maximum atomic E-state index is 13.0. The van der Waals surface area contributed by atoms with Crippen LogP contribution in [0.25, 0.3) is 10.9 Å². The first-order chi connectivity index (χ1) is 11.4. The number of hydrogen-bond acceptors (Lipinski definition) is 1. The second-order valence-corrected chi connectivity index (χ2v) is 6.54. The van der Waals surface area contributed by atoms with Crippen molar-refractivity contribution >= 4 is 34.1 Å². The van der Waals surface area contributed by atoms with E-state index in [-0.39, 0.29) is 5.91 Å². The van der Waals surface area contributed by atoms with Crippen LogP contribution in [0.4, 0.5) is 5.69 Å². The van der Waals surface area contributed by atoms with Gasteiger partial charge in [-0.15, -0.1) is 0 Å². The highest BCUT2D eigenvalue weighted by Crippen LogP contribution is 2.29. The van der Waals surface area contributed by atoms with Crippen LogP contribution in [0.3, 0.4) is 0 Å². The zero-order valence-corrected chi connectivity index (χ0v) is 15.2. The highest BCUT2D eigenvalue weighted by molar-refractivity contribution is 6.31. The third-order valence-electron chi connectivity index (χ3n) is 4.53. The summed E-state index contributed by atoms with van der Waals surface area (Å²) in [6.45, 7) is 8.75. The number of rotatable bonds is 3. The molecule has 0 radical (unpaired) electrons. The summed E-state index contributed by atoms with van der Waals surface area (Å²) in [7, 11) is 0. The second kappa shape index (κ2) is 6.33. The van der Waals surface area contributed by atoms with E-state index in [2.05, 4.69) is 5.32 Å². The van der Waals surface area contributed by atoms with Crippen molar-refractivity contribution in [2.24, 2.45) is 0 Å². The van der Waals surface area contributed by atoms with Gasteiger partial charge in [0.15, 0.2) is 0 Å². The number of para-hydroxylation sites is 1. The number of nitrogens with zero attached hydrogens (tertiary/aromatic N) is 1. The maximum Gasteiger partial charge on any atom is 0.272 e. The fraction of sp³-hybridized carbons (Fsp3) is 0.250. The standard InChI is InChI=1S/C20H21ClN2O/c1-5-23-17-10-9-15(21)11-16(17)14(4)19(23)20(24)22-18-12(2)7-6-8-13(18)3/h6-11H,5H2,1-4H3,(H,22,24). The van der Waals surface area contributed by atoms with E-state index in [4.69, 9.17) is 11.6 Å². The largest absolute Gasteiger partial charge is 0.337 e. The summed E-state index contributed by atoms with van der Waals surface area (Å²) in [6, 6.07) is 11.8. The minimum absolute atomic E-state index is 0.0842. The highest BCUT2D eigenvalue weighted by Gasteiger charge is 2.20. The molecule has 1 aromatic heterocycles. The molecule has 0 aliphatic rings. The summed E-state index contributed by atoms with van der Waals surface area (Å²) in [5, 5.41) is 4.80. The molecule has 4 heteroatoms. The fourth-order valence-electron chi connectivity index (χ4n) is 3.30. The van der Waals surface area contributed by atoms with E-state index in [9.17, 15) is 4.79 Å². The zero-order chi connectivity index (χ0) is 17.4. The van der Waals surface area contributed by atoms with Gasteiger partial charge in [0, 0.05) is 28.2 Å². The average Bonchev–Trinajstić information content (AvgIpc) is 2.83. The molecule has 1 N–H and O–H groups in total. The van der Waals surface area contributed by atoms with Crippen molar-refractivity contribution in [3.05, 3.63) is 63.8 Å². The van der Waals surface area contributed by atoms with Crippen molar-refractivity contribution in [2.45, 2.75) is 34.2 Å². The predicted molar refractivity (Wildman–Crippen MR) is 101 cm³/mol. The van der Waals surface area contributed by atoms with Gasteiger partial charge in [0.25, 0.3) is 5.91 Å². The molecule has 24 heavy (non-hydrogen) atoms. The van der Waals surface area contributed by atoms with Gasteiger partial charge >= 0.3 is 0 Å². The number of benzene rings is 2. The van der Waals surface area contributed by atoms with Crippen LogP contribution < -0.4 is 5.32 Å². The van der Waals surface area contributed by atoms with E-state index < -0.39 is 0 Å². The van der Waals surface area contributed by atoms with Gasteiger partial charge in [0.2, 0.25) is 0 Å². The third-order valence-corrected chi connectivity index (χ3v) is 4.76. The molecule has 0 aliphatic carbocycles. The van der Waals surface area contributed by atoms with Crippen molar-refractivity contribution in [3.63, 3.8) is 0 Å². The minimum atomic E-state index is -0.0842. The van der Waals surface area contributed by atoms with E-state index in [1.165, 1.54) is 0 Å². The summed E-state index contributed by atoms with van der Waals surface area (Å²) in [5.41, 5.74) is 5.68. The number of carbonyl (C=O) groups is 1. The van der Waals surface area contributed by atoms with Crippen LogP contribution in [0, 0.1) is 20.8 Å². The first kappa shape index (κ1) is 16.6. The van der Waals surface area contributed by atoms with Gasteiger partial charge in [0.05, 0.1) is 0 Å². The Morgan fingerprint density at radius 3 is 2.42 bits per heavy atom. The zero-order valence-electron chi connectivity index (χ0n) is 14.4. The summed E-state index contributed by atoms with van der Waals surface area (Å²) in [5.74, 6) is -0.0842. The van der Waals surface area contributed by atoms with E-state index >= 15 is 0 Å². The molecule has 0 bridgehead atoms. The predicted octanol–water partition coefficient (Wildman–Crippen LogP) is 5.49. The average molecular weight is 341 g/mol. The maximum absolute atomic E-state index is 13.0. The molecule has 124 valence electrons. The molecular formula is C20H21ClN2O. The number of hydrogen-bond donors (Lipinski definition) is 1. The van der Waals surface area contributed by atoms with Gasteiger partial charge in [-0.1, -0.05) is 29.8 Å². The normalized spacial score (nSPS) is 11.0. The van der Waals surface area contributed by atoms with Crippen LogP contribution in [0.15, 0.2) is 36.4 Å². The van der Waals surface area contributed by atoms with Crippen molar-refractivity contribution in [1.29, 1.82) is 0 Å². The van der Waals surface area contributed by atoms with Gasteiger partial charge in [-0.05, 0) is 62.6 Å². The lowest BCUT2D eigenvalue weighted by Gasteiger charge is -2.13. The van der Waals surface area contributed by atoms with Crippen molar-refractivity contribution in [3.8, 4) is 0 Å². The smallest absolute Gasteiger partial charge is 0.272 e. The molecule has 1 amide bonds. The second-order valence-electron chi connectivity index (χ2n) is 6.10. The lowest BCUT2D eigenvalue weighted by Crippen LogP contribution is -2.19. The molecule has 3 aromatic rings. The van der Waals surface area contributed by atoms with Gasteiger partial charge in [-0.3, -0.25) is 4.79 Å². The number of halogens is 1. The molecule has 2 aromatic carbocycles. The Kier molecular flexibility index (Phi) is 4.37. The number of amides is 1. The molecule has 0 spiro atoms. The van der Waals surface area contributed by atoms with Crippen LogP contribution in [0.1, 0.15) is 34.1 Å². The number of anilines is 1. The van der Waals surface area contributed by atoms with Gasteiger partial charge < -0.3 is 9.88 Å². The Hall–Kier alpha value is -2.26. The molecular weight excluding hydrogens is 320 g/mol. The molecule has 0 saturated heterocycles.